The molecular weight excluding hydrogens is 334 g/mol. The molecular formula is C22H25N5. The Balaban J connectivity index is 1.37. The van der Waals surface area contributed by atoms with E-state index < -0.39 is 0 Å². The molecule has 0 radical (unpaired) electrons. The average Bonchev–Trinajstić information content (AvgIpc) is 3.37. The number of anilines is 1. The van der Waals surface area contributed by atoms with E-state index in [-0.39, 0.29) is 0 Å². The van der Waals surface area contributed by atoms with E-state index in [4.69, 9.17) is 10.7 Å². The minimum absolute atomic E-state index is 0.339. The van der Waals surface area contributed by atoms with Crippen molar-refractivity contribution in [3.63, 3.8) is 0 Å². The normalized spacial score (nSPS) is 23.4. The average molecular weight is 359 g/mol. The molecule has 0 unspecified atom stereocenters. The highest BCUT2D eigenvalue weighted by atomic mass is 15.3. The number of nitrogens with two attached hydrogens (primary N) is 1. The maximum absolute atomic E-state index is 6.08. The fourth-order valence-corrected chi connectivity index (χ4v) is 4.38. The van der Waals surface area contributed by atoms with Crippen LogP contribution in [0.25, 0.3) is 22.0 Å². The minimum Gasteiger partial charge on any atom is -0.339 e. The summed E-state index contributed by atoms with van der Waals surface area (Å²) in [7, 11) is 0. The molecule has 0 saturated carbocycles. The first-order valence-corrected chi connectivity index (χ1v) is 9.83. The number of nitrogens with zero attached hydrogens (tertiary/aromatic N) is 4. The first-order valence-electron chi connectivity index (χ1n) is 9.83. The van der Waals surface area contributed by atoms with E-state index in [2.05, 4.69) is 57.2 Å². The fraction of sp³-hybridized carbons (Fsp3) is 0.364. The molecule has 0 bridgehead atoms. The lowest BCUT2D eigenvalue weighted by Gasteiger charge is -2.24. The Morgan fingerprint density at radius 3 is 2.67 bits per heavy atom. The van der Waals surface area contributed by atoms with Gasteiger partial charge < -0.3 is 10.6 Å². The third-order valence-corrected chi connectivity index (χ3v) is 5.91. The zero-order chi connectivity index (χ0) is 18.2. The molecule has 2 fully saturated rings. The summed E-state index contributed by atoms with van der Waals surface area (Å²) in [6.07, 6.45) is 4.16. The van der Waals surface area contributed by atoms with Gasteiger partial charge in [0.15, 0.2) is 0 Å². The number of rotatable bonds is 3. The van der Waals surface area contributed by atoms with Gasteiger partial charge in [0.2, 0.25) is 5.95 Å². The maximum Gasteiger partial charge on any atom is 0.225 e. The van der Waals surface area contributed by atoms with Crippen molar-refractivity contribution in [2.45, 2.75) is 24.9 Å². The lowest BCUT2D eigenvalue weighted by atomic mass is 10.1. The zero-order valence-corrected chi connectivity index (χ0v) is 15.5. The summed E-state index contributed by atoms with van der Waals surface area (Å²) in [5, 5.41) is 2.49. The van der Waals surface area contributed by atoms with Gasteiger partial charge in [-0.3, -0.25) is 4.90 Å². The highest BCUT2D eigenvalue weighted by Gasteiger charge is 2.32. The molecule has 0 spiro atoms. The highest BCUT2D eigenvalue weighted by molar-refractivity contribution is 5.86. The summed E-state index contributed by atoms with van der Waals surface area (Å²) in [6, 6.07) is 17.9. The van der Waals surface area contributed by atoms with Crippen LogP contribution in [0.15, 0.2) is 54.7 Å². The molecule has 0 aliphatic carbocycles. The monoisotopic (exact) mass is 359 g/mol. The van der Waals surface area contributed by atoms with Crippen LogP contribution in [0, 0.1) is 0 Å². The summed E-state index contributed by atoms with van der Waals surface area (Å²) in [5.41, 5.74) is 8.20. The summed E-state index contributed by atoms with van der Waals surface area (Å²) < 4.78 is 0. The molecule has 2 aliphatic rings. The van der Waals surface area contributed by atoms with E-state index in [9.17, 15) is 0 Å². The molecule has 0 amide bonds. The van der Waals surface area contributed by atoms with Crippen LogP contribution in [-0.4, -0.2) is 53.1 Å². The predicted molar refractivity (Wildman–Crippen MR) is 110 cm³/mol. The van der Waals surface area contributed by atoms with Gasteiger partial charge in [-0.15, -0.1) is 0 Å². The van der Waals surface area contributed by atoms with Crippen LogP contribution in [0.2, 0.25) is 0 Å². The lowest BCUT2D eigenvalue weighted by molar-refractivity contribution is 0.257. The van der Waals surface area contributed by atoms with Crippen LogP contribution in [0.1, 0.15) is 12.8 Å². The summed E-state index contributed by atoms with van der Waals surface area (Å²) in [6.45, 7) is 4.15. The Hall–Kier alpha value is -2.50. The molecule has 2 N–H and O–H groups in total. The molecule has 5 heteroatoms. The summed E-state index contributed by atoms with van der Waals surface area (Å²) in [5.74, 6) is 0.839. The van der Waals surface area contributed by atoms with Gasteiger partial charge in [-0.05, 0) is 35.7 Å². The second-order valence-electron chi connectivity index (χ2n) is 7.74. The number of likely N-dealkylation sites (tertiary alicyclic amines) is 1. The maximum atomic E-state index is 6.08. The number of aromatic nitrogens is 2. The van der Waals surface area contributed by atoms with Crippen molar-refractivity contribution in [1.29, 1.82) is 0 Å². The SMILES string of the molecule is N[C@@H]1CCN([C@@H]2CCN(c3nccc(-c4ccc5ccccc5c4)n3)C2)C1. The molecule has 2 saturated heterocycles. The smallest absolute Gasteiger partial charge is 0.225 e. The minimum atomic E-state index is 0.339. The van der Waals surface area contributed by atoms with E-state index in [1.54, 1.807) is 0 Å². The molecule has 27 heavy (non-hydrogen) atoms. The number of hydrogen-bond acceptors (Lipinski definition) is 5. The van der Waals surface area contributed by atoms with Crippen molar-refractivity contribution in [3.05, 3.63) is 54.7 Å². The molecule has 3 aromatic rings. The second kappa shape index (κ2) is 6.91. The van der Waals surface area contributed by atoms with Crippen LogP contribution in [0.4, 0.5) is 5.95 Å². The number of hydrogen-bond donors (Lipinski definition) is 1. The van der Waals surface area contributed by atoms with Gasteiger partial charge in [0.25, 0.3) is 0 Å². The summed E-state index contributed by atoms with van der Waals surface area (Å²) >= 11 is 0. The van der Waals surface area contributed by atoms with E-state index in [1.165, 1.54) is 10.8 Å². The topological polar surface area (TPSA) is 58.3 Å². The number of benzene rings is 2. The van der Waals surface area contributed by atoms with Crippen molar-refractivity contribution >= 4 is 16.7 Å². The first kappa shape index (κ1) is 16.7. The standard InChI is InChI=1S/C22H25N5/c23-19-8-11-26(14-19)20-9-12-27(15-20)22-24-10-7-21(25-22)18-6-5-16-3-1-2-4-17(16)13-18/h1-7,10,13,19-20H,8-9,11-12,14-15,23H2/t19-,20-/m1/s1. The molecule has 2 aliphatic heterocycles. The highest BCUT2D eigenvalue weighted by Crippen LogP contribution is 2.26. The van der Waals surface area contributed by atoms with E-state index >= 15 is 0 Å². The van der Waals surface area contributed by atoms with Crippen LogP contribution in [0.5, 0.6) is 0 Å². The molecule has 138 valence electrons. The molecule has 1 aromatic heterocycles. The Morgan fingerprint density at radius 2 is 1.81 bits per heavy atom. The van der Waals surface area contributed by atoms with Gasteiger partial charge in [-0.1, -0.05) is 36.4 Å². The van der Waals surface area contributed by atoms with Gasteiger partial charge in [0.05, 0.1) is 5.69 Å². The molecule has 5 nitrogen and oxygen atoms in total. The fourth-order valence-electron chi connectivity index (χ4n) is 4.38. The van der Waals surface area contributed by atoms with Gasteiger partial charge in [-0.2, -0.15) is 0 Å². The van der Waals surface area contributed by atoms with E-state index in [0.29, 0.717) is 12.1 Å². The quantitative estimate of drug-likeness (QED) is 0.779. The van der Waals surface area contributed by atoms with Crippen LogP contribution in [0.3, 0.4) is 0 Å². The molecule has 5 rings (SSSR count). The zero-order valence-electron chi connectivity index (χ0n) is 15.5. The van der Waals surface area contributed by atoms with Crippen molar-refractivity contribution in [3.8, 4) is 11.3 Å². The van der Waals surface area contributed by atoms with E-state index in [0.717, 1.165) is 56.2 Å². The van der Waals surface area contributed by atoms with Gasteiger partial charge >= 0.3 is 0 Å². The third kappa shape index (κ3) is 3.29. The van der Waals surface area contributed by atoms with Crippen molar-refractivity contribution in [2.24, 2.45) is 5.73 Å². The molecule has 2 aromatic carbocycles. The van der Waals surface area contributed by atoms with Gasteiger partial charge in [0, 0.05) is 50.0 Å². The van der Waals surface area contributed by atoms with Gasteiger partial charge in [0.1, 0.15) is 0 Å². The Labute approximate surface area is 159 Å². The Bertz CT molecular complexity index is 956. The van der Waals surface area contributed by atoms with Crippen molar-refractivity contribution in [1.82, 2.24) is 14.9 Å². The Kier molecular flexibility index (Phi) is 4.26. The van der Waals surface area contributed by atoms with E-state index in [1.807, 2.05) is 12.3 Å². The Morgan fingerprint density at radius 1 is 0.926 bits per heavy atom. The van der Waals surface area contributed by atoms with Crippen LogP contribution < -0.4 is 10.6 Å². The van der Waals surface area contributed by atoms with Crippen molar-refractivity contribution in [2.75, 3.05) is 31.1 Å². The van der Waals surface area contributed by atoms with Gasteiger partial charge in [-0.25, -0.2) is 9.97 Å². The van der Waals surface area contributed by atoms with Crippen LogP contribution in [-0.2, 0) is 0 Å². The molecule has 2 atom stereocenters. The van der Waals surface area contributed by atoms with Crippen LogP contribution >= 0.6 is 0 Å². The first-order chi connectivity index (χ1) is 13.3. The number of fused-ring (bicyclic) bond motifs is 1. The lowest BCUT2D eigenvalue weighted by Crippen LogP contribution is -2.37. The molecule has 3 heterocycles. The third-order valence-electron chi connectivity index (χ3n) is 5.91. The van der Waals surface area contributed by atoms with Crippen molar-refractivity contribution < 1.29 is 0 Å². The largest absolute Gasteiger partial charge is 0.339 e. The second-order valence-corrected chi connectivity index (χ2v) is 7.74. The summed E-state index contributed by atoms with van der Waals surface area (Å²) in [4.78, 5) is 14.3. The predicted octanol–water partition coefficient (Wildman–Crippen LogP) is 2.91.